The quantitative estimate of drug-likeness (QED) is 0.793. The van der Waals surface area contributed by atoms with Crippen molar-refractivity contribution in [1.29, 1.82) is 0 Å². The minimum Gasteiger partial charge on any atom is -0.497 e. The normalized spacial score (nSPS) is 28.1. The summed E-state index contributed by atoms with van der Waals surface area (Å²) < 4.78 is 27.5. The van der Waals surface area contributed by atoms with E-state index in [1.165, 1.54) is 0 Å². The zero-order valence-corrected chi connectivity index (χ0v) is 14.1. The fraction of sp³-hybridized carbons (Fsp3) is 0.421. The zero-order valence-electron chi connectivity index (χ0n) is 14.1. The Hall–Kier alpha value is -2.15. The maximum absolute atomic E-state index is 12.5. The maximum Gasteiger partial charge on any atom is 0.338 e. The van der Waals surface area contributed by atoms with Gasteiger partial charge in [-0.1, -0.05) is 12.1 Å². The predicted octanol–water partition coefficient (Wildman–Crippen LogP) is 2.19. The molecule has 0 saturated carbocycles. The number of carbonyl (C=O) groups excluding carboxylic acids is 1. The van der Waals surface area contributed by atoms with Crippen LogP contribution in [0.3, 0.4) is 0 Å². The van der Waals surface area contributed by atoms with E-state index < -0.39 is 6.10 Å². The molecule has 25 heavy (non-hydrogen) atoms. The summed E-state index contributed by atoms with van der Waals surface area (Å²) in [4.78, 5) is 12.5. The highest BCUT2D eigenvalue weighted by Crippen LogP contribution is 2.31. The van der Waals surface area contributed by atoms with Gasteiger partial charge in [-0.3, -0.25) is 0 Å². The lowest BCUT2D eigenvalue weighted by Gasteiger charge is -2.17. The summed E-state index contributed by atoms with van der Waals surface area (Å²) >= 11 is 0. The smallest absolute Gasteiger partial charge is 0.338 e. The van der Waals surface area contributed by atoms with Crippen molar-refractivity contribution in [1.82, 2.24) is 0 Å². The number of benzene rings is 2. The van der Waals surface area contributed by atoms with Crippen LogP contribution in [0.2, 0.25) is 0 Å². The van der Waals surface area contributed by atoms with Crippen LogP contribution in [0.5, 0.6) is 5.75 Å². The number of methoxy groups -OCH3 is 2. The van der Waals surface area contributed by atoms with Crippen LogP contribution in [-0.2, 0) is 18.9 Å². The molecule has 2 heterocycles. The van der Waals surface area contributed by atoms with Gasteiger partial charge in [0.1, 0.15) is 24.1 Å². The average molecular weight is 344 g/mol. The second-order valence-corrected chi connectivity index (χ2v) is 6.24. The van der Waals surface area contributed by atoms with E-state index in [1.807, 2.05) is 30.3 Å². The van der Waals surface area contributed by atoms with Gasteiger partial charge in [-0.15, -0.1) is 0 Å². The molecule has 0 radical (unpaired) electrons. The van der Waals surface area contributed by atoms with Gasteiger partial charge in [0.25, 0.3) is 0 Å². The number of hydrogen-bond acceptors (Lipinski definition) is 6. The fourth-order valence-corrected chi connectivity index (χ4v) is 3.42. The van der Waals surface area contributed by atoms with Crippen molar-refractivity contribution in [2.45, 2.75) is 24.4 Å². The molecule has 0 aliphatic carbocycles. The molecule has 2 aromatic carbocycles. The van der Waals surface area contributed by atoms with Gasteiger partial charge in [-0.25, -0.2) is 4.79 Å². The molecule has 2 aliphatic rings. The lowest BCUT2D eigenvalue weighted by atomic mass is 10.1. The molecule has 2 aromatic rings. The third kappa shape index (κ3) is 2.97. The van der Waals surface area contributed by atoms with Crippen molar-refractivity contribution < 1.29 is 28.5 Å². The fourth-order valence-electron chi connectivity index (χ4n) is 3.42. The van der Waals surface area contributed by atoms with Crippen molar-refractivity contribution in [2.75, 3.05) is 27.4 Å². The van der Waals surface area contributed by atoms with E-state index in [1.54, 1.807) is 20.3 Å². The Balaban J connectivity index is 1.49. The van der Waals surface area contributed by atoms with Gasteiger partial charge >= 0.3 is 5.97 Å². The number of hydrogen-bond donors (Lipinski definition) is 0. The highest BCUT2D eigenvalue weighted by Gasteiger charge is 2.49. The van der Waals surface area contributed by atoms with Crippen molar-refractivity contribution in [3.05, 3.63) is 42.0 Å². The molecule has 0 spiro atoms. The van der Waals surface area contributed by atoms with E-state index in [-0.39, 0.29) is 24.3 Å². The number of rotatable bonds is 4. The molecule has 0 aromatic heterocycles. The van der Waals surface area contributed by atoms with E-state index in [0.29, 0.717) is 18.8 Å². The third-order valence-corrected chi connectivity index (χ3v) is 4.81. The molecule has 0 amide bonds. The molecule has 0 N–H and O–H groups in total. The van der Waals surface area contributed by atoms with E-state index in [9.17, 15) is 4.79 Å². The first-order valence-electron chi connectivity index (χ1n) is 8.24. The maximum atomic E-state index is 12.5. The molecule has 2 aliphatic heterocycles. The topological polar surface area (TPSA) is 63.2 Å². The number of fused-ring (bicyclic) bond motifs is 2. The van der Waals surface area contributed by atoms with Crippen LogP contribution >= 0.6 is 0 Å². The molecule has 2 saturated heterocycles. The molecule has 4 atom stereocenters. The summed E-state index contributed by atoms with van der Waals surface area (Å²) in [5.41, 5.74) is 0.502. The summed E-state index contributed by atoms with van der Waals surface area (Å²) in [6, 6.07) is 11.2. The summed E-state index contributed by atoms with van der Waals surface area (Å²) in [5, 5.41) is 1.95. The molecular formula is C19H20O6. The molecular weight excluding hydrogens is 324 g/mol. The van der Waals surface area contributed by atoms with Crippen LogP contribution < -0.4 is 4.74 Å². The van der Waals surface area contributed by atoms with Gasteiger partial charge in [0.2, 0.25) is 0 Å². The highest BCUT2D eigenvalue weighted by molar-refractivity contribution is 5.95. The molecule has 4 unspecified atom stereocenters. The van der Waals surface area contributed by atoms with Gasteiger partial charge in [-0.05, 0) is 35.0 Å². The summed E-state index contributed by atoms with van der Waals surface area (Å²) in [6.45, 7) is 0.781. The van der Waals surface area contributed by atoms with Crippen LogP contribution in [0.25, 0.3) is 10.8 Å². The standard InChI is InChI=1S/C19H20O6/c1-21-14-6-5-11-7-13(4-3-12(11)8-14)19(20)25-16-10-24-17-15(22-2)9-23-18(16)17/h3-8,15-18H,9-10H2,1-2H3. The van der Waals surface area contributed by atoms with Crippen LogP contribution in [0.4, 0.5) is 0 Å². The predicted molar refractivity (Wildman–Crippen MR) is 90.0 cm³/mol. The Morgan fingerprint density at radius 2 is 1.64 bits per heavy atom. The van der Waals surface area contributed by atoms with Gasteiger partial charge in [0.05, 0.1) is 25.9 Å². The van der Waals surface area contributed by atoms with Gasteiger partial charge in [-0.2, -0.15) is 0 Å². The highest BCUT2D eigenvalue weighted by atomic mass is 16.6. The van der Waals surface area contributed by atoms with Gasteiger partial charge < -0.3 is 23.7 Å². The number of ether oxygens (including phenoxy) is 5. The Morgan fingerprint density at radius 3 is 2.40 bits per heavy atom. The Kier molecular flexibility index (Phi) is 4.33. The van der Waals surface area contributed by atoms with Gasteiger partial charge in [0, 0.05) is 7.11 Å². The first-order valence-corrected chi connectivity index (χ1v) is 8.24. The lowest BCUT2D eigenvalue weighted by Crippen LogP contribution is -2.34. The summed E-state index contributed by atoms with van der Waals surface area (Å²) in [7, 11) is 3.26. The number of esters is 1. The summed E-state index contributed by atoms with van der Waals surface area (Å²) in [6.07, 6.45) is -0.959. The second-order valence-electron chi connectivity index (χ2n) is 6.24. The van der Waals surface area contributed by atoms with E-state index in [0.717, 1.165) is 16.5 Å². The van der Waals surface area contributed by atoms with Crippen LogP contribution in [0, 0.1) is 0 Å². The second kappa shape index (κ2) is 6.63. The Bertz CT molecular complexity index is 789. The molecule has 6 heteroatoms. The lowest BCUT2D eigenvalue weighted by molar-refractivity contribution is -0.0280. The third-order valence-electron chi connectivity index (χ3n) is 4.81. The van der Waals surface area contributed by atoms with Crippen molar-refractivity contribution >= 4 is 16.7 Å². The van der Waals surface area contributed by atoms with Crippen LogP contribution in [-0.4, -0.2) is 57.8 Å². The minimum atomic E-state index is -0.413. The van der Waals surface area contributed by atoms with E-state index in [4.69, 9.17) is 23.7 Å². The van der Waals surface area contributed by atoms with Crippen LogP contribution in [0.15, 0.2) is 36.4 Å². The minimum absolute atomic E-state index is 0.107. The largest absolute Gasteiger partial charge is 0.497 e. The monoisotopic (exact) mass is 344 g/mol. The van der Waals surface area contributed by atoms with Crippen LogP contribution in [0.1, 0.15) is 10.4 Å². The van der Waals surface area contributed by atoms with Crippen molar-refractivity contribution in [2.24, 2.45) is 0 Å². The van der Waals surface area contributed by atoms with E-state index in [2.05, 4.69) is 0 Å². The molecule has 2 fully saturated rings. The molecule has 6 nitrogen and oxygen atoms in total. The SMILES string of the molecule is COc1ccc2cc(C(=O)OC3COC4C(OC)COC34)ccc2c1. The Labute approximate surface area is 145 Å². The molecule has 0 bridgehead atoms. The first kappa shape index (κ1) is 16.3. The van der Waals surface area contributed by atoms with Gasteiger partial charge in [0.15, 0.2) is 6.10 Å². The first-order chi connectivity index (χ1) is 12.2. The van der Waals surface area contributed by atoms with Crippen molar-refractivity contribution in [3.8, 4) is 5.75 Å². The Morgan fingerprint density at radius 1 is 0.960 bits per heavy atom. The summed E-state index contributed by atoms with van der Waals surface area (Å²) in [5.74, 6) is 0.402. The van der Waals surface area contributed by atoms with Crippen molar-refractivity contribution in [3.63, 3.8) is 0 Å². The van der Waals surface area contributed by atoms with E-state index >= 15 is 0 Å². The zero-order chi connectivity index (χ0) is 17.4. The molecule has 132 valence electrons. The average Bonchev–Trinajstić information content (AvgIpc) is 3.23. The number of carbonyl (C=O) groups is 1. The molecule has 4 rings (SSSR count).